The highest BCUT2D eigenvalue weighted by Crippen LogP contribution is 2.22. The normalized spacial score (nSPS) is 17.1. The molecule has 1 fully saturated rings. The number of rotatable bonds is 7. The van der Waals surface area contributed by atoms with E-state index in [0.717, 1.165) is 49.6 Å². The van der Waals surface area contributed by atoms with E-state index < -0.39 is 0 Å². The van der Waals surface area contributed by atoms with Crippen molar-refractivity contribution in [2.24, 2.45) is 0 Å². The zero-order chi connectivity index (χ0) is 19.3. The maximum Gasteiger partial charge on any atom is 0.259 e. The van der Waals surface area contributed by atoms with Crippen molar-refractivity contribution in [3.8, 4) is 11.5 Å². The van der Waals surface area contributed by atoms with Gasteiger partial charge in [0.15, 0.2) is 5.82 Å². The molecule has 0 amide bonds. The zero-order valence-electron chi connectivity index (χ0n) is 16.6. The molecule has 6 heteroatoms. The van der Waals surface area contributed by atoms with Gasteiger partial charge in [0.1, 0.15) is 5.82 Å². The number of likely N-dealkylation sites (tertiary alicyclic amines) is 1. The molecular formula is C22H27N5O. The molecule has 2 aromatic heterocycles. The second kappa shape index (κ2) is 8.52. The first-order valence-corrected chi connectivity index (χ1v) is 9.93. The Hall–Kier alpha value is -2.73. The molecule has 0 bridgehead atoms. The summed E-state index contributed by atoms with van der Waals surface area (Å²) in [5.74, 6) is 2.27. The minimum Gasteiger partial charge on any atom is -0.355 e. The summed E-state index contributed by atoms with van der Waals surface area (Å²) >= 11 is 0. The second-order valence-corrected chi connectivity index (χ2v) is 7.58. The molecule has 4 rings (SSSR count). The minimum atomic E-state index is 0.517. The van der Waals surface area contributed by atoms with E-state index >= 15 is 0 Å². The molecule has 1 saturated heterocycles. The quantitative estimate of drug-likeness (QED) is 0.629. The van der Waals surface area contributed by atoms with E-state index in [0.29, 0.717) is 11.9 Å². The molecule has 0 radical (unpaired) electrons. The van der Waals surface area contributed by atoms with Crippen LogP contribution in [0.25, 0.3) is 11.5 Å². The van der Waals surface area contributed by atoms with E-state index in [4.69, 9.17) is 4.52 Å². The van der Waals surface area contributed by atoms with Gasteiger partial charge in [0, 0.05) is 32.3 Å². The number of aromatic nitrogens is 3. The first-order valence-electron chi connectivity index (χ1n) is 9.93. The number of benzene rings is 1. The lowest BCUT2D eigenvalue weighted by atomic mass is 10.1. The Bertz CT molecular complexity index is 877. The minimum absolute atomic E-state index is 0.517. The van der Waals surface area contributed by atoms with Crippen LogP contribution >= 0.6 is 0 Å². The molecule has 1 aliphatic heterocycles. The molecule has 6 nitrogen and oxygen atoms in total. The van der Waals surface area contributed by atoms with Crippen molar-refractivity contribution in [3.05, 3.63) is 60.0 Å². The smallest absolute Gasteiger partial charge is 0.259 e. The van der Waals surface area contributed by atoms with Crippen LogP contribution in [0.5, 0.6) is 0 Å². The molecule has 1 aromatic carbocycles. The van der Waals surface area contributed by atoms with Crippen molar-refractivity contribution in [3.63, 3.8) is 0 Å². The molecule has 146 valence electrons. The van der Waals surface area contributed by atoms with E-state index in [1.54, 1.807) is 0 Å². The maximum atomic E-state index is 5.45. The Kier molecular flexibility index (Phi) is 5.67. The van der Waals surface area contributed by atoms with Crippen LogP contribution in [0.15, 0.2) is 53.2 Å². The summed E-state index contributed by atoms with van der Waals surface area (Å²) in [7, 11) is 4.28. The molecule has 1 atom stereocenters. The Labute approximate surface area is 166 Å². The summed E-state index contributed by atoms with van der Waals surface area (Å²) in [6.45, 7) is 2.22. The summed E-state index contributed by atoms with van der Waals surface area (Å²) in [5.41, 5.74) is 2.20. The number of likely N-dealkylation sites (N-methyl/N-ethyl adjacent to an activating group) is 2. The fourth-order valence-electron chi connectivity index (χ4n) is 3.70. The first-order chi connectivity index (χ1) is 13.7. The van der Waals surface area contributed by atoms with Gasteiger partial charge in [-0.1, -0.05) is 35.5 Å². The summed E-state index contributed by atoms with van der Waals surface area (Å²) in [6.07, 6.45) is 5.82. The van der Waals surface area contributed by atoms with Crippen molar-refractivity contribution in [1.82, 2.24) is 20.0 Å². The summed E-state index contributed by atoms with van der Waals surface area (Å²) in [6, 6.07) is 15.0. The summed E-state index contributed by atoms with van der Waals surface area (Å²) < 4.78 is 5.45. The fraction of sp³-hybridized carbons (Fsp3) is 0.409. The Morgan fingerprint density at radius 3 is 2.71 bits per heavy atom. The van der Waals surface area contributed by atoms with Gasteiger partial charge < -0.3 is 14.3 Å². The standard InChI is InChI=1S/C22H27N5O/c1-26-14-13-19(16-26)27(2)21-12-11-18(15-23-21)22-24-20(25-28-22)10-6-9-17-7-4-3-5-8-17/h3-5,7-8,11-12,15,19H,6,9-10,13-14,16H2,1-2H3. The van der Waals surface area contributed by atoms with Crippen LogP contribution in [-0.4, -0.2) is 53.3 Å². The van der Waals surface area contributed by atoms with Crippen LogP contribution in [0.2, 0.25) is 0 Å². The van der Waals surface area contributed by atoms with Gasteiger partial charge in [-0.25, -0.2) is 4.98 Å². The molecule has 0 aliphatic carbocycles. The Morgan fingerprint density at radius 1 is 1.14 bits per heavy atom. The van der Waals surface area contributed by atoms with Gasteiger partial charge in [-0.3, -0.25) is 0 Å². The molecule has 1 unspecified atom stereocenters. The molecule has 28 heavy (non-hydrogen) atoms. The van der Waals surface area contributed by atoms with Crippen molar-refractivity contribution in [1.29, 1.82) is 0 Å². The van der Waals surface area contributed by atoms with Crippen LogP contribution in [0.3, 0.4) is 0 Å². The molecule has 3 aromatic rings. The molecule has 0 N–H and O–H groups in total. The molecule has 3 heterocycles. The Morgan fingerprint density at radius 2 is 2.00 bits per heavy atom. The number of pyridine rings is 1. The van der Waals surface area contributed by atoms with Crippen LogP contribution in [0.4, 0.5) is 5.82 Å². The van der Waals surface area contributed by atoms with Crippen molar-refractivity contribution in [2.45, 2.75) is 31.7 Å². The lowest BCUT2D eigenvalue weighted by Gasteiger charge is -2.25. The van der Waals surface area contributed by atoms with Gasteiger partial charge in [-0.15, -0.1) is 0 Å². The molecule has 0 saturated carbocycles. The lowest BCUT2D eigenvalue weighted by Crippen LogP contribution is -2.34. The van der Waals surface area contributed by atoms with Gasteiger partial charge in [-0.05, 0) is 50.6 Å². The highest BCUT2D eigenvalue weighted by molar-refractivity contribution is 5.54. The average molecular weight is 377 g/mol. The first kappa shape index (κ1) is 18.6. The predicted octanol–water partition coefficient (Wildman–Crippen LogP) is 3.45. The third-order valence-electron chi connectivity index (χ3n) is 5.45. The van der Waals surface area contributed by atoms with Crippen LogP contribution in [0.1, 0.15) is 24.2 Å². The summed E-state index contributed by atoms with van der Waals surface area (Å²) in [5, 5.41) is 4.12. The number of hydrogen-bond donors (Lipinski definition) is 0. The fourth-order valence-corrected chi connectivity index (χ4v) is 3.70. The summed E-state index contributed by atoms with van der Waals surface area (Å²) in [4.78, 5) is 13.8. The number of hydrogen-bond acceptors (Lipinski definition) is 6. The van der Waals surface area contributed by atoms with Crippen molar-refractivity contribution in [2.75, 3.05) is 32.1 Å². The predicted molar refractivity (Wildman–Crippen MR) is 110 cm³/mol. The van der Waals surface area contributed by atoms with Gasteiger partial charge in [0.05, 0.1) is 5.56 Å². The van der Waals surface area contributed by atoms with Crippen molar-refractivity contribution < 1.29 is 4.52 Å². The third-order valence-corrected chi connectivity index (χ3v) is 5.45. The second-order valence-electron chi connectivity index (χ2n) is 7.58. The molecule has 0 spiro atoms. The van der Waals surface area contributed by atoms with Gasteiger partial charge in [0.25, 0.3) is 5.89 Å². The van der Waals surface area contributed by atoms with Crippen LogP contribution in [-0.2, 0) is 12.8 Å². The lowest BCUT2D eigenvalue weighted by molar-refractivity contribution is 0.409. The highest BCUT2D eigenvalue weighted by Gasteiger charge is 2.24. The topological polar surface area (TPSA) is 58.3 Å². The van der Waals surface area contributed by atoms with Gasteiger partial charge in [-0.2, -0.15) is 4.98 Å². The third kappa shape index (κ3) is 4.39. The molecule has 1 aliphatic rings. The highest BCUT2D eigenvalue weighted by atomic mass is 16.5. The van der Waals surface area contributed by atoms with E-state index in [2.05, 4.69) is 63.3 Å². The van der Waals surface area contributed by atoms with E-state index in [1.165, 1.54) is 12.0 Å². The zero-order valence-corrected chi connectivity index (χ0v) is 16.6. The number of anilines is 1. The van der Waals surface area contributed by atoms with Crippen LogP contribution in [0, 0.1) is 0 Å². The Balaban J connectivity index is 1.34. The molecular weight excluding hydrogens is 350 g/mol. The SMILES string of the molecule is CN1CCC(N(C)c2ccc(-c3nc(CCCc4ccccc4)no3)cn2)C1. The average Bonchev–Trinajstić information content (AvgIpc) is 3.38. The maximum absolute atomic E-state index is 5.45. The number of nitrogens with zero attached hydrogens (tertiary/aromatic N) is 5. The van der Waals surface area contributed by atoms with E-state index in [9.17, 15) is 0 Å². The largest absolute Gasteiger partial charge is 0.355 e. The van der Waals surface area contributed by atoms with E-state index in [-0.39, 0.29) is 0 Å². The van der Waals surface area contributed by atoms with Gasteiger partial charge in [0.2, 0.25) is 0 Å². The van der Waals surface area contributed by atoms with E-state index in [1.807, 2.05) is 24.4 Å². The van der Waals surface area contributed by atoms with Crippen molar-refractivity contribution >= 4 is 5.82 Å². The van der Waals surface area contributed by atoms with Gasteiger partial charge >= 0.3 is 0 Å². The van der Waals surface area contributed by atoms with Crippen LogP contribution < -0.4 is 4.90 Å². The monoisotopic (exact) mass is 377 g/mol. The number of aryl methyl sites for hydroxylation is 2.